The number of fused-ring (bicyclic) bond motifs is 1. The van der Waals surface area contributed by atoms with E-state index in [9.17, 15) is 8.78 Å². The number of benzene rings is 1. The number of halogens is 2. The Hall–Kier alpha value is -2.81. The first kappa shape index (κ1) is 11.3. The third kappa shape index (κ3) is 2.02. The Labute approximate surface area is 106 Å². The fraction of sp³-hybridized carbons (Fsp3) is 0. The predicted molar refractivity (Wildman–Crippen MR) is 63.1 cm³/mol. The van der Waals surface area contributed by atoms with E-state index in [1.54, 1.807) is 18.3 Å². The number of hydrogen-bond donors (Lipinski definition) is 0. The van der Waals surface area contributed by atoms with E-state index in [2.05, 4.69) is 10.1 Å². The van der Waals surface area contributed by atoms with Crippen molar-refractivity contribution in [2.75, 3.05) is 0 Å². The number of nitrogens with zero attached hydrogens (tertiary/aromatic N) is 4. The smallest absolute Gasteiger partial charge is 0.182 e. The molecule has 2 heterocycles. The van der Waals surface area contributed by atoms with Crippen molar-refractivity contribution in [1.29, 1.82) is 5.26 Å². The van der Waals surface area contributed by atoms with Gasteiger partial charge in [0, 0.05) is 23.9 Å². The maximum Gasteiger partial charge on any atom is 0.182 e. The average molecular weight is 256 g/mol. The molecule has 0 radical (unpaired) electrons. The van der Waals surface area contributed by atoms with Gasteiger partial charge in [-0.05, 0) is 18.2 Å². The van der Waals surface area contributed by atoms with Crippen molar-refractivity contribution >= 4 is 5.65 Å². The normalized spacial score (nSPS) is 10.6. The lowest BCUT2D eigenvalue weighted by atomic mass is 10.2. The van der Waals surface area contributed by atoms with Gasteiger partial charge < -0.3 is 0 Å². The van der Waals surface area contributed by atoms with Gasteiger partial charge in [0.05, 0.1) is 11.6 Å². The zero-order valence-corrected chi connectivity index (χ0v) is 9.51. The van der Waals surface area contributed by atoms with Crippen LogP contribution in [0.15, 0.2) is 36.5 Å². The molecular weight excluding hydrogens is 250 g/mol. The Morgan fingerprint density at radius 2 is 1.84 bits per heavy atom. The molecule has 19 heavy (non-hydrogen) atoms. The van der Waals surface area contributed by atoms with Crippen LogP contribution >= 0.6 is 0 Å². The quantitative estimate of drug-likeness (QED) is 0.672. The van der Waals surface area contributed by atoms with Crippen LogP contribution in [0.2, 0.25) is 0 Å². The fourth-order valence-corrected chi connectivity index (χ4v) is 1.76. The van der Waals surface area contributed by atoms with Gasteiger partial charge in [0.2, 0.25) is 0 Å². The minimum absolute atomic E-state index is 0.202. The summed E-state index contributed by atoms with van der Waals surface area (Å²) in [5.41, 5.74) is 1.13. The Morgan fingerprint density at radius 3 is 2.53 bits per heavy atom. The summed E-state index contributed by atoms with van der Waals surface area (Å²) >= 11 is 0. The zero-order valence-electron chi connectivity index (χ0n) is 9.51. The van der Waals surface area contributed by atoms with E-state index in [0.717, 1.165) is 18.2 Å². The standard InChI is InChI=1S/C13H6F2N4/c14-10-4-9(5-11(15)6-10)13-17-12-3-8(7-16)1-2-19(12)18-13/h1-6H. The van der Waals surface area contributed by atoms with Gasteiger partial charge in [-0.25, -0.2) is 18.3 Å². The van der Waals surface area contributed by atoms with E-state index >= 15 is 0 Å². The van der Waals surface area contributed by atoms with Crippen LogP contribution in [-0.2, 0) is 0 Å². The van der Waals surface area contributed by atoms with Crippen LogP contribution in [0, 0.1) is 23.0 Å². The van der Waals surface area contributed by atoms with Crippen LogP contribution in [0.3, 0.4) is 0 Å². The molecule has 0 saturated heterocycles. The molecule has 0 fully saturated rings. The topological polar surface area (TPSA) is 54.0 Å². The van der Waals surface area contributed by atoms with Crippen LogP contribution in [0.1, 0.15) is 5.56 Å². The van der Waals surface area contributed by atoms with Crippen molar-refractivity contribution in [3.63, 3.8) is 0 Å². The second-order valence-electron chi connectivity index (χ2n) is 3.92. The summed E-state index contributed by atoms with van der Waals surface area (Å²) in [7, 11) is 0. The van der Waals surface area contributed by atoms with Crippen molar-refractivity contribution in [3.05, 3.63) is 53.7 Å². The summed E-state index contributed by atoms with van der Waals surface area (Å²) in [4.78, 5) is 4.14. The van der Waals surface area contributed by atoms with Crippen LogP contribution in [0.25, 0.3) is 17.0 Å². The SMILES string of the molecule is N#Cc1ccn2nc(-c3cc(F)cc(F)c3)nc2c1. The van der Waals surface area contributed by atoms with Crippen LogP contribution in [-0.4, -0.2) is 14.6 Å². The molecule has 0 atom stereocenters. The maximum absolute atomic E-state index is 13.1. The van der Waals surface area contributed by atoms with Crippen molar-refractivity contribution in [2.24, 2.45) is 0 Å². The van der Waals surface area contributed by atoms with E-state index in [4.69, 9.17) is 5.26 Å². The van der Waals surface area contributed by atoms with E-state index in [1.807, 2.05) is 6.07 Å². The molecule has 0 amide bonds. The summed E-state index contributed by atoms with van der Waals surface area (Å²) in [5, 5.41) is 12.9. The van der Waals surface area contributed by atoms with Gasteiger partial charge in [-0.2, -0.15) is 5.26 Å². The highest BCUT2D eigenvalue weighted by Crippen LogP contribution is 2.19. The molecular formula is C13H6F2N4. The van der Waals surface area contributed by atoms with Crippen LogP contribution < -0.4 is 0 Å². The molecule has 3 rings (SSSR count). The minimum Gasteiger partial charge on any atom is -0.220 e. The summed E-state index contributed by atoms with van der Waals surface area (Å²) in [6, 6.07) is 8.21. The second kappa shape index (κ2) is 4.14. The molecule has 0 aliphatic heterocycles. The van der Waals surface area contributed by atoms with Gasteiger partial charge in [-0.3, -0.25) is 0 Å². The highest BCUT2D eigenvalue weighted by molar-refractivity contribution is 5.59. The number of pyridine rings is 1. The molecule has 0 N–H and O–H groups in total. The first-order valence-corrected chi connectivity index (χ1v) is 5.39. The third-order valence-electron chi connectivity index (χ3n) is 2.59. The predicted octanol–water partition coefficient (Wildman–Crippen LogP) is 2.55. The first-order valence-electron chi connectivity index (χ1n) is 5.39. The molecule has 0 aliphatic rings. The van der Waals surface area contributed by atoms with Crippen molar-refractivity contribution in [2.45, 2.75) is 0 Å². The second-order valence-corrected chi connectivity index (χ2v) is 3.92. The fourth-order valence-electron chi connectivity index (χ4n) is 1.76. The lowest BCUT2D eigenvalue weighted by Gasteiger charge is -1.95. The minimum atomic E-state index is -0.688. The van der Waals surface area contributed by atoms with Crippen LogP contribution in [0.5, 0.6) is 0 Å². The van der Waals surface area contributed by atoms with Gasteiger partial charge >= 0.3 is 0 Å². The van der Waals surface area contributed by atoms with Gasteiger partial charge in [-0.1, -0.05) is 0 Å². The van der Waals surface area contributed by atoms with Crippen molar-refractivity contribution < 1.29 is 8.78 Å². The summed E-state index contributed by atoms with van der Waals surface area (Å²) < 4.78 is 27.7. The number of aromatic nitrogens is 3. The van der Waals surface area contributed by atoms with Crippen molar-refractivity contribution in [1.82, 2.24) is 14.6 Å². The molecule has 2 aromatic heterocycles. The van der Waals surface area contributed by atoms with Gasteiger partial charge in [0.25, 0.3) is 0 Å². The monoisotopic (exact) mass is 256 g/mol. The molecule has 6 heteroatoms. The summed E-state index contributed by atoms with van der Waals surface area (Å²) in [6.45, 7) is 0. The first-order chi connectivity index (χ1) is 9.15. The molecule has 1 aromatic carbocycles. The lowest BCUT2D eigenvalue weighted by molar-refractivity contribution is 0.584. The largest absolute Gasteiger partial charge is 0.220 e. The maximum atomic E-state index is 13.1. The van der Waals surface area contributed by atoms with Gasteiger partial charge in [0.15, 0.2) is 11.5 Å². The number of rotatable bonds is 1. The summed E-state index contributed by atoms with van der Waals surface area (Å²) in [5.74, 6) is -1.17. The third-order valence-corrected chi connectivity index (χ3v) is 2.59. The number of hydrogen-bond acceptors (Lipinski definition) is 3. The van der Waals surface area contributed by atoms with E-state index in [1.165, 1.54) is 4.52 Å². The number of nitriles is 1. The molecule has 0 saturated carbocycles. The Morgan fingerprint density at radius 1 is 1.11 bits per heavy atom. The Kier molecular flexibility index (Phi) is 2.46. The average Bonchev–Trinajstić information content (AvgIpc) is 2.80. The highest BCUT2D eigenvalue weighted by atomic mass is 19.1. The van der Waals surface area contributed by atoms with Gasteiger partial charge in [-0.15, -0.1) is 5.10 Å². The molecule has 0 aliphatic carbocycles. The van der Waals surface area contributed by atoms with Gasteiger partial charge in [0.1, 0.15) is 11.6 Å². The molecule has 4 nitrogen and oxygen atoms in total. The molecule has 0 bridgehead atoms. The van der Waals surface area contributed by atoms with E-state index in [0.29, 0.717) is 11.2 Å². The molecule has 92 valence electrons. The zero-order chi connectivity index (χ0) is 13.4. The Bertz CT molecular complexity index is 797. The Balaban J connectivity index is 2.18. The van der Waals surface area contributed by atoms with Crippen LogP contribution in [0.4, 0.5) is 8.78 Å². The van der Waals surface area contributed by atoms with E-state index < -0.39 is 11.6 Å². The summed E-state index contributed by atoms with van der Waals surface area (Å²) in [6.07, 6.45) is 1.57. The molecule has 0 spiro atoms. The molecule has 3 aromatic rings. The highest BCUT2D eigenvalue weighted by Gasteiger charge is 2.09. The van der Waals surface area contributed by atoms with E-state index in [-0.39, 0.29) is 11.4 Å². The van der Waals surface area contributed by atoms with Crippen molar-refractivity contribution in [3.8, 4) is 17.5 Å². The lowest BCUT2D eigenvalue weighted by Crippen LogP contribution is -1.88. The molecule has 0 unspecified atom stereocenters.